The summed E-state index contributed by atoms with van der Waals surface area (Å²) in [6.07, 6.45) is 2.47. The molecule has 0 saturated heterocycles. The van der Waals surface area contributed by atoms with Crippen molar-refractivity contribution in [1.82, 2.24) is 5.48 Å². The first-order valence-electron chi connectivity index (χ1n) is 2.09. The van der Waals surface area contributed by atoms with Gasteiger partial charge >= 0.3 is 5.97 Å². The van der Waals surface area contributed by atoms with Gasteiger partial charge in [-0.3, -0.25) is 5.48 Å². The average molecular weight is 196 g/mol. The second-order valence-corrected chi connectivity index (χ2v) is 1.38. The number of hydrogen-bond acceptors (Lipinski definition) is 4. The third-order valence-electron chi connectivity index (χ3n) is 0.533. The van der Waals surface area contributed by atoms with E-state index in [2.05, 4.69) is 30.4 Å². The first kappa shape index (κ1) is 8.45. The third kappa shape index (κ3) is 5.32. The Labute approximate surface area is 61.2 Å². The molecule has 1 N–H and O–H groups in total. The molecule has 52 valence electrons. The molecule has 0 aromatic carbocycles. The fourth-order valence-electron chi connectivity index (χ4n) is 0.196. The van der Waals surface area contributed by atoms with Crippen LogP contribution >= 0.6 is 16.3 Å². The molecule has 0 amide bonds. The van der Waals surface area contributed by atoms with Crippen LogP contribution in [0.3, 0.4) is 0 Å². The zero-order chi connectivity index (χ0) is 7.11. The van der Waals surface area contributed by atoms with Crippen LogP contribution < -0.4 is 5.48 Å². The molecular formula is C4H6BrNO3. The summed E-state index contributed by atoms with van der Waals surface area (Å²) in [7, 11) is 1.29. The molecule has 0 atom stereocenters. The molecule has 0 spiro atoms. The Morgan fingerprint density at radius 2 is 2.44 bits per heavy atom. The lowest BCUT2D eigenvalue weighted by Crippen LogP contribution is -2.00. The van der Waals surface area contributed by atoms with Crippen LogP contribution in [0, 0.1) is 0 Å². The van der Waals surface area contributed by atoms with Crippen LogP contribution in [0.5, 0.6) is 0 Å². The van der Waals surface area contributed by atoms with Crippen molar-refractivity contribution in [1.29, 1.82) is 0 Å². The minimum Gasteiger partial charge on any atom is -0.466 e. The van der Waals surface area contributed by atoms with Gasteiger partial charge in [-0.05, 0) is 0 Å². The summed E-state index contributed by atoms with van der Waals surface area (Å²) in [5.74, 6) is -0.438. The van der Waals surface area contributed by atoms with E-state index in [0.717, 1.165) is 0 Å². The van der Waals surface area contributed by atoms with Gasteiger partial charge in [0.1, 0.15) is 16.3 Å². The Kier molecular flexibility index (Phi) is 5.24. The molecule has 0 radical (unpaired) electrons. The monoisotopic (exact) mass is 195 g/mol. The average Bonchev–Trinajstić information content (AvgIpc) is 1.89. The fraction of sp³-hybridized carbons (Fsp3) is 0.250. The predicted octanol–water partition coefficient (Wildman–Crippen LogP) is 0.504. The van der Waals surface area contributed by atoms with E-state index in [1.54, 1.807) is 0 Å². The van der Waals surface area contributed by atoms with Crippen LogP contribution in [0.2, 0.25) is 0 Å². The Hall–Kier alpha value is -0.550. The lowest BCUT2D eigenvalue weighted by atomic mass is 10.6. The number of rotatable bonds is 3. The van der Waals surface area contributed by atoms with Gasteiger partial charge in [0.2, 0.25) is 0 Å². The Balaban J connectivity index is 3.32. The van der Waals surface area contributed by atoms with E-state index < -0.39 is 5.97 Å². The number of nitrogens with one attached hydrogen (secondary N) is 1. The van der Waals surface area contributed by atoms with E-state index in [1.165, 1.54) is 19.4 Å². The maximum absolute atomic E-state index is 10.3. The van der Waals surface area contributed by atoms with Gasteiger partial charge in [0.25, 0.3) is 0 Å². The summed E-state index contributed by atoms with van der Waals surface area (Å²) in [5, 5.41) is 0. The highest BCUT2D eigenvalue weighted by Gasteiger charge is 1.86. The molecule has 0 aromatic rings. The molecule has 0 bridgehead atoms. The molecule has 0 aromatic heterocycles. The molecule has 4 nitrogen and oxygen atoms in total. The van der Waals surface area contributed by atoms with Gasteiger partial charge in [0.15, 0.2) is 0 Å². The number of carbonyl (C=O) groups excluding carboxylic acids is 1. The lowest BCUT2D eigenvalue weighted by molar-refractivity contribution is -0.134. The van der Waals surface area contributed by atoms with Gasteiger partial charge in [0, 0.05) is 12.3 Å². The second kappa shape index (κ2) is 5.58. The summed E-state index contributed by atoms with van der Waals surface area (Å²) < 4.78 is 8.46. The molecule has 0 fully saturated rings. The normalized spacial score (nSPS) is 9.56. The van der Waals surface area contributed by atoms with E-state index in [1.807, 2.05) is 0 Å². The summed E-state index contributed by atoms with van der Waals surface area (Å²) >= 11 is 2.61. The highest BCUT2D eigenvalue weighted by atomic mass is 79.9. The molecule has 0 heterocycles. The highest BCUT2D eigenvalue weighted by molar-refractivity contribution is 9.05. The molecule has 0 aliphatic heterocycles. The summed E-state index contributed by atoms with van der Waals surface area (Å²) in [5.41, 5.74) is 2.25. The number of esters is 1. The van der Waals surface area contributed by atoms with Crippen LogP contribution in [0.15, 0.2) is 12.3 Å². The van der Waals surface area contributed by atoms with Crippen LogP contribution in [0.4, 0.5) is 0 Å². The molecule has 5 heteroatoms. The van der Waals surface area contributed by atoms with Gasteiger partial charge in [-0.1, -0.05) is 0 Å². The predicted molar refractivity (Wildman–Crippen MR) is 34.3 cm³/mol. The largest absolute Gasteiger partial charge is 0.466 e. The van der Waals surface area contributed by atoms with Crippen LogP contribution in [-0.4, -0.2) is 13.1 Å². The molecule has 0 rings (SSSR count). The summed E-state index contributed by atoms with van der Waals surface area (Å²) in [6, 6.07) is 0. The topological polar surface area (TPSA) is 47.6 Å². The van der Waals surface area contributed by atoms with Gasteiger partial charge in [-0.2, -0.15) is 3.93 Å². The number of methoxy groups -OCH3 is 1. The van der Waals surface area contributed by atoms with Crippen molar-refractivity contribution in [3.05, 3.63) is 12.3 Å². The molecule has 0 saturated carbocycles. The molecule has 0 aliphatic rings. The van der Waals surface area contributed by atoms with Crippen molar-refractivity contribution in [2.75, 3.05) is 7.11 Å². The second-order valence-electron chi connectivity index (χ2n) is 1.05. The quantitative estimate of drug-likeness (QED) is 0.405. The van der Waals surface area contributed by atoms with Crippen molar-refractivity contribution >= 4 is 22.2 Å². The molecule has 9 heavy (non-hydrogen) atoms. The van der Waals surface area contributed by atoms with E-state index in [-0.39, 0.29) is 0 Å². The maximum Gasteiger partial charge on any atom is 0.332 e. The molecular weight excluding hydrogens is 190 g/mol. The van der Waals surface area contributed by atoms with Crippen LogP contribution in [-0.2, 0) is 13.5 Å². The standard InChI is InChI=1S/C4H6BrNO3/c1-8-4(7)2-3-6-9-5/h2-3,6H,1H3. The van der Waals surface area contributed by atoms with E-state index in [0.29, 0.717) is 0 Å². The van der Waals surface area contributed by atoms with Gasteiger partial charge in [-0.25, -0.2) is 4.79 Å². The van der Waals surface area contributed by atoms with Crippen LogP contribution in [0.1, 0.15) is 0 Å². The van der Waals surface area contributed by atoms with Crippen molar-refractivity contribution in [3.8, 4) is 0 Å². The minimum atomic E-state index is -0.438. The Morgan fingerprint density at radius 1 is 1.78 bits per heavy atom. The summed E-state index contributed by atoms with van der Waals surface area (Å²) in [6.45, 7) is 0. The minimum absolute atomic E-state index is 0.438. The van der Waals surface area contributed by atoms with Crippen LogP contribution in [0.25, 0.3) is 0 Å². The number of ether oxygens (including phenoxy) is 1. The molecule has 0 aliphatic carbocycles. The zero-order valence-corrected chi connectivity index (χ0v) is 6.34. The van der Waals surface area contributed by atoms with Crippen molar-refractivity contribution in [2.24, 2.45) is 0 Å². The third-order valence-corrected chi connectivity index (χ3v) is 0.720. The Bertz CT molecular complexity index is 114. The number of hydroxylamine groups is 1. The summed E-state index contributed by atoms with van der Waals surface area (Å²) in [4.78, 5) is 10.3. The SMILES string of the molecule is COC(=O)C=CNOBr. The van der Waals surface area contributed by atoms with Crippen molar-refractivity contribution in [2.45, 2.75) is 0 Å². The van der Waals surface area contributed by atoms with Gasteiger partial charge < -0.3 is 4.74 Å². The smallest absolute Gasteiger partial charge is 0.332 e. The number of halogens is 1. The molecule has 0 unspecified atom stereocenters. The lowest BCUT2D eigenvalue weighted by Gasteiger charge is -1.89. The maximum atomic E-state index is 10.3. The van der Waals surface area contributed by atoms with Crippen molar-refractivity contribution in [3.63, 3.8) is 0 Å². The highest BCUT2D eigenvalue weighted by Crippen LogP contribution is 1.78. The Morgan fingerprint density at radius 3 is 2.89 bits per heavy atom. The van der Waals surface area contributed by atoms with Gasteiger partial charge in [0.05, 0.1) is 7.11 Å². The zero-order valence-electron chi connectivity index (χ0n) is 4.76. The number of carbonyl (C=O) groups is 1. The fourth-order valence-corrected chi connectivity index (χ4v) is 0.304. The van der Waals surface area contributed by atoms with E-state index >= 15 is 0 Å². The first-order valence-corrected chi connectivity index (χ1v) is 2.73. The number of hydrogen-bond donors (Lipinski definition) is 1. The van der Waals surface area contributed by atoms with Gasteiger partial charge in [-0.15, -0.1) is 0 Å². The van der Waals surface area contributed by atoms with Crippen molar-refractivity contribution < 1.29 is 13.5 Å². The van der Waals surface area contributed by atoms with E-state index in [4.69, 9.17) is 0 Å². The van der Waals surface area contributed by atoms with E-state index in [9.17, 15) is 4.79 Å². The first-order chi connectivity index (χ1) is 4.31.